The van der Waals surface area contributed by atoms with Gasteiger partial charge in [0.2, 0.25) is 5.91 Å². The molecule has 0 spiro atoms. The molecule has 0 aliphatic carbocycles. The molecule has 1 aliphatic heterocycles. The van der Waals surface area contributed by atoms with Crippen molar-refractivity contribution in [2.75, 3.05) is 18.4 Å². The van der Waals surface area contributed by atoms with Gasteiger partial charge in [0.05, 0.1) is 5.56 Å². The number of carbonyl (C=O) groups is 1. The molecule has 1 aliphatic rings. The van der Waals surface area contributed by atoms with Gasteiger partial charge in [0, 0.05) is 12.1 Å². The molecule has 124 valence electrons. The summed E-state index contributed by atoms with van der Waals surface area (Å²) in [6.45, 7) is 3.26. The van der Waals surface area contributed by atoms with E-state index in [4.69, 9.17) is 0 Å². The summed E-state index contributed by atoms with van der Waals surface area (Å²) in [5.41, 5.74) is -0.416. The number of hydrogen-bond acceptors (Lipinski definition) is 2. The molecular formula is C15H20ClF3N2O. The average molecular weight is 337 g/mol. The van der Waals surface area contributed by atoms with E-state index in [1.54, 1.807) is 0 Å². The van der Waals surface area contributed by atoms with Crippen molar-refractivity contribution in [3.05, 3.63) is 29.3 Å². The van der Waals surface area contributed by atoms with E-state index in [1.807, 2.05) is 0 Å². The number of nitrogens with one attached hydrogen (secondary N) is 2. The van der Waals surface area contributed by atoms with Crippen LogP contribution in [0, 0.1) is 12.8 Å². The van der Waals surface area contributed by atoms with E-state index in [0.29, 0.717) is 12.3 Å². The summed E-state index contributed by atoms with van der Waals surface area (Å²) < 4.78 is 38.4. The van der Waals surface area contributed by atoms with Crippen molar-refractivity contribution in [2.45, 2.75) is 32.4 Å². The Morgan fingerprint density at radius 2 is 2.14 bits per heavy atom. The Balaban J connectivity index is 0.00000242. The van der Waals surface area contributed by atoms with Crippen molar-refractivity contribution < 1.29 is 18.0 Å². The van der Waals surface area contributed by atoms with Gasteiger partial charge in [-0.2, -0.15) is 13.2 Å². The molecule has 1 fully saturated rings. The van der Waals surface area contributed by atoms with Gasteiger partial charge in [0.15, 0.2) is 0 Å². The van der Waals surface area contributed by atoms with Gasteiger partial charge in [0.1, 0.15) is 0 Å². The van der Waals surface area contributed by atoms with Gasteiger partial charge in [-0.25, -0.2) is 0 Å². The highest BCUT2D eigenvalue weighted by Crippen LogP contribution is 2.34. The second-order valence-electron chi connectivity index (χ2n) is 5.42. The first kappa shape index (κ1) is 18.8. The minimum atomic E-state index is -4.40. The van der Waals surface area contributed by atoms with Crippen LogP contribution in [0.3, 0.4) is 0 Å². The van der Waals surface area contributed by atoms with Crippen molar-refractivity contribution in [1.29, 1.82) is 0 Å². The second kappa shape index (κ2) is 7.83. The fourth-order valence-corrected chi connectivity index (χ4v) is 2.59. The van der Waals surface area contributed by atoms with Crippen LogP contribution in [0.4, 0.5) is 18.9 Å². The number of amides is 1. The summed E-state index contributed by atoms with van der Waals surface area (Å²) in [4.78, 5) is 11.9. The molecule has 0 bridgehead atoms. The predicted octanol–water partition coefficient (Wildman–Crippen LogP) is 3.76. The van der Waals surface area contributed by atoms with E-state index in [2.05, 4.69) is 10.6 Å². The Bertz CT molecular complexity index is 514. The van der Waals surface area contributed by atoms with E-state index in [-0.39, 0.29) is 29.6 Å². The summed E-state index contributed by atoms with van der Waals surface area (Å²) in [5, 5.41) is 5.81. The number of carbonyl (C=O) groups excluding carboxylic acids is 1. The van der Waals surface area contributed by atoms with Gasteiger partial charge in [-0.05, 0) is 56.5 Å². The number of halogens is 4. The van der Waals surface area contributed by atoms with E-state index in [0.717, 1.165) is 32.0 Å². The average Bonchev–Trinajstić information content (AvgIpc) is 2.90. The molecule has 22 heavy (non-hydrogen) atoms. The number of alkyl halides is 3. The molecule has 3 nitrogen and oxygen atoms in total. The molecule has 1 aromatic rings. The lowest BCUT2D eigenvalue weighted by atomic mass is 10.0. The van der Waals surface area contributed by atoms with Crippen molar-refractivity contribution in [3.8, 4) is 0 Å². The normalized spacial score (nSPS) is 17.9. The summed E-state index contributed by atoms with van der Waals surface area (Å²) in [7, 11) is 0. The van der Waals surface area contributed by atoms with Crippen LogP contribution in [0.2, 0.25) is 0 Å². The summed E-state index contributed by atoms with van der Waals surface area (Å²) in [6, 6.07) is 3.83. The highest BCUT2D eigenvalue weighted by molar-refractivity contribution is 5.91. The van der Waals surface area contributed by atoms with Gasteiger partial charge >= 0.3 is 6.18 Å². The Morgan fingerprint density at radius 3 is 2.73 bits per heavy atom. The third-order valence-corrected chi connectivity index (χ3v) is 3.86. The predicted molar refractivity (Wildman–Crippen MR) is 82.3 cm³/mol. The van der Waals surface area contributed by atoms with Crippen LogP contribution in [0.15, 0.2) is 18.2 Å². The maximum atomic E-state index is 12.8. The van der Waals surface area contributed by atoms with E-state index >= 15 is 0 Å². The fourth-order valence-electron chi connectivity index (χ4n) is 2.59. The smallest absolute Gasteiger partial charge is 0.326 e. The molecule has 0 aromatic heterocycles. The lowest BCUT2D eigenvalue weighted by Crippen LogP contribution is -2.17. The quantitative estimate of drug-likeness (QED) is 0.879. The molecule has 1 saturated heterocycles. The van der Waals surface area contributed by atoms with Crippen LogP contribution in [0.1, 0.15) is 30.4 Å². The van der Waals surface area contributed by atoms with E-state index < -0.39 is 11.7 Å². The van der Waals surface area contributed by atoms with Crippen LogP contribution in [0.25, 0.3) is 0 Å². The van der Waals surface area contributed by atoms with Crippen LogP contribution in [0.5, 0.6) is 0 Å². The molecule has 0 radical (unpaired) electrons. The largest absolute Gasteiger partial charge is 0.416 e. The van der Waals surface area contributed by atoms with E-state index in [1.165, 1.54) is 19.1 Å². The third-order valence-electron chi connectivity index (χ3n) is 3.86. The van der Waals surface area contributed by atoms with Gasteiger partial charge in [-0.1, -0.05) is 6.07 Å². The second-order valence-corrected chi connectivity index (χ2v) is 5.42. The zero-order valence-electron chi connectivity index (χ0n) is 12.3. The van der Waals surface area contributed by atoms with Crippen molar-refractivity contribution >= 4 is 24.0 Å². The molecule has 0 saturated carbocycles. The zero-order chi connectivity index (χ0) is 15.5. The highest BCUT2D eigenvalue weighted by atomic mass is 35.5. The number of rotatable bonds is 4. The topological polar surface area (TPSA) is 41.1 Å². The lowest BCUT2D eigenvalue weighted by molar-refractivity contribution is -0.138. The number of hydrogen-bond donors (Lipinski definition) is 2. The van der Waals surface area contributed by atoms with Crippen molar-refractivity contribution in [2.24, 2.45) is 5.92 Å². The first-order valence-electron chi connectivity index (χ1n) is 7.05. The summed E-state index contributed by atoms with van der Waals surface area (Å²) >= 11 is 0. The molecule has 1 amide bonds. The maximum absolute atomic E-state index is 12.8. The number of benzene rings is 1. The van der Waals surface area contributed by atoms with Gasteiger partial charge < -0.3 is 10.6 Å². The lowest BCUT2D eigenvalue weighted by Gasteiger charge is -2.15. The molecule has 2 rings (SSSR count). The van der Waals surface area contributed by atoms with Gasteiger partial charge in [0.25, 0.3) is 0 Å². The molecule has 1 aromatic carbocycles. The fraction of sp³-hybridized carbons (Fsp3) is 0.533. The molecule has 1 unspecified atom stereocenters. The van der Waals surface area contributed by atoms with Crippen LogP contribution >= 0.6 is 12.4 Å². The van der Waals surface area contributed by atoms with Gasteiger partial charge in [-0.15, -0.1) is 12.4 Å². The summed E-state index contributed by atoms with van der Waals surface area (Å²) in [6.07, 6.45) is -2.25. The summed E-state index contributed by atoms with van der Waals surface area (Å²) in [5.74, 6) is 0.252. The molecule has 7 heteroatoms. The first-order chi connectivity index (χ1) is 9.88. The maximum Gasteiger partial charge on any atom is 0.416 e. The SMILES string of the molecule is Cc1c(NC(=O)CCC2CCNC2)cccc1C(F)(F)F.Cl. The van der Waals surface area contributed by atoms with Crippen LogP contribution < -0.4 is 10.6 Å². The molecule has 1 heterocycles. The monoisotopic (exact) mass is 336 g/mol. The zero-order valence-corrected chi connectivity index (χ0v) is 13.1. The standard InChI is InChI=1S/C15H19F3N2O.ClH/c1-10-12(15(16,17)18)3-2-4-13(10)20-14(21)6-5-11-7-8-19-9-11;/h2-4,11,19H,5-9H2,1H3,(H,20,21);1H. The van der Waals surface area contributed by atoms with Crippen LogP contribution in [-0.2, 0) is 11.0 Å². The Kier molecular flexibility index (Phi) is 6.68. The van der Waals surface area contributed by atoms with Crippen molar-refractivity contribution in [3.63, 3.8) is 0 Å². The first-order valence-corrected chi connectivity index (χ1v) is 7.05. The number of anilines is 1. The Hall–Kier alpha value is -1.27. The van der Waals surface area contributed by atoms with E-state index in [9.17, 15) is 18.0 Å². The molecule has 2 N–H and O–H groups in total. The molecule has 1 atom stereocenters. The van der Waals surface area contributed by atoms with Gasteiger partial charge in [-0.3, -0.25) is 4.79 Å². The minimum Gasteiger partial charge on any atom is -0.326 e. The van der Waals surface area contributed by atoms with Crippen molar-refractivity contribution in [1.82, 2.24) is 5.32 Å². The van der Waals surface area contributed by atoms with Crippen LogP contribution in [-0.4, -0.2) is 19.0 Å². The molecular weight excluding hydrogens is 317 g/mol. The minimum absolute atomic E-state index is 0. The Morgan fingerprint density at radius 1 is 1.41 bits per heavy atom. The third kappa shape index (κ3) is 4.88. The highest BCUT2D eigenvalue weighted by Gasteiger charge is 2.33. The Labute approximate surface area is 134 Å².